The molecule has 1 aromatic heterocycles. The molecule has 1 aromatic carbocycles. The molecule has 2 nitrogen and oxygen atoms in total. The molecule has 0 saturated carbocycles. The minimum atomic E-state index is 0.459. The molecule has 2 rings (SSSR count). The molecule has 0 aliphatic heterocycles. The molecule has 0 aliphatic rings. The number of alkyl halides is 1. The van der Waals surface area contributed by atoms with E-state index < -0.39 is 0 Å². The molecule has 0 fully saturated rings. The molecular weight excluding hydrogens is 289 g/mol. The number of nitrogens with zero attached hydrogens (tertiary/aromatic N) is 1. The van der Waals surface area contributed by atoms with Gasteiger partial charge in [-0.3, -0.25) is 0 Å². The number of thiazole rings is 1. The second-order valence-corrected chi connectivity index (χ2v) is 5.52. The van der Waals surface area contributed by atoms with Crippen molar-refractivity contribution in [3.63, 3.8) is 0 Å². The Bertz CT molecular complexity index is 527. The first-order chi connectivity index (χ1) is 8.69. The van der Waals surface area contributed by atoms with E-state index in [1.807, 2.05) is 30.5 Å². The minimum Gasteiger partial charge on any atom is -0.492 e. The van der Waals surface area contributed by atoms with Gasteiger partial charge in [-0.2, -0.15) is 0 Å². The van der Waals surface area contributed by atoms with Crippen LogP contribution < -0.4 is 4.74 Å². The number of ether oxygens (including phenoxy) is 1. The van der Waals surface area contributed by atoms with E-state index in [0.29, 0.717) is 17.5 Å². The zero-order chi connectivity index (χ0) is 13.0. The summed E-state index contributed by atoms with van der Waals surface area (Å²) in [6, 6.07) is 5.77. The van der Waals surface area contributed by atoms with Crippen molar-refractivity contribution in [1.82, 2.24) is 4.98 Å². The van der Waals surface area contributed by atoms with Gasteiger partial charge in [-0.25, -0.2) is 4.98 Å². The van der Waals surface area contributed by atoms with Crippen LogP contribution >= 0.6 is 34.5 Å². The van der Waals surface area contributed by atoms with Crippen LogP contribution in [0.5, 0.6) is 5.75 Å². The van der Waals surface area contributed by atoms with E-state index in [-0.39, 0.29) is 0 Å². The Labute approximate surface area is 121 Å². The molecule has 0 bridgehead atoms. The van der Waals surface area contributed by atoms with Crippen molar-refractivity contribution in [2.75, 3.05) is 6.61 Å². The molecule has 96 valence electrons. The van der Waals surface area contributed by atoms with Crippen LogP contribution in [0.15, 0.2) is 23.6 Å². The topological polar surface area (TPSA) is 22.1 Å². The average Bonchev–Trinajstić information content (AvgIpc) is 2.80. The standard InChI is InChI=1S/C13H13Cl2NOS/c1-9-2-3-12(11(15)6-9)17-5-4-13-16-10(7-14)8-18-13/h2-3,6,8H,4-5,7H2,1H3. The summed E-state index contributed by atoms with van der Waals surface area (Å²) in [5.41, 5.74) is 2.05. The number of aryl methyl sites for hydroxylation is 1. The van der Waals surface area contributed by atoms with Crippen molar-refractivity contribution in [3.8, 4) is 5.75 Å². The smallest absolute Gasteiger partial charge is 0.137 e. The maximum Gasteiger partial charge on any atom is 0.137 e. The highest BCUT2D eigenvalue weighted by atomic mass is 35.5. The zero-order valence-electron chi connectivity index (χ0n) is 9.95. The fraction of sp³-hybridized carbons (Fsp3) is 0.308. The van der Waals surface area contributed by atoms with Crippen molar-refractivity contribution in [2.24, 2.45) is 0 Å². The number of hydrogen-bond acceptors (Lipinski definition) is 3. The van der Waals surface area contributed by atoms with E-state index in [1.165, 1.54) is 0 Å². The minimum absolute atomic E-state index is 0.459. The Morgan fingerprint density at radius 3 is 2.89 bits per heavy atom. The highest BCUT2D eigenvalue weighted by Gasteiger charge is 2.04. The van der Waals surface area contributed by atoms with Crippen molar-refractivity contribution < 1.29 is 4.74 Å². The Kier molecular flexibility index (Phi) is 4.87. The van der Waals surface area contributed by atoms with Crippen LogP contribution in [-0.2, 0) is 12.3 Å². The summed E-state index contributed by atoms with van der Waals surface area (Å²) < 4.78 is 5.64. The lowest BCUT2D eigenvalue weighted by molar-refractivity contribution is 0.322. The van der Waals surface area contributed by atoms with E-state index in [4.69, 9.17) is 27.9 Å². The third-order valence-electron chi connectivity index (χ3n) is 2.40. The SMILES string of the molecule is Cc1ccc(OCCc2nc(CCl)cs2)c(Cl)c1. The number of halogens is 2. The normalized spacial score (nSPS) is 10.6. The Morgan fingerprint density at radius 1 is 1.39 bits per heavy atom. The van der Waals surface area contributed by atoms with Gasteiger partial charge in [0, 0.05) is 11.8 Å². The van der Waals surface area contributed by atoms with Gasteiger partial charge >= 0.3 is 0 Å². The van der Waals surface area contributed by atoms with Gasteiger partial charge in [0.25, 0.3) is 0 Å². The monoisotopic (exact) mass is 301 g/mol. The predicted octanol–water partition coefficient (Wildman–Crippen LogP) is 4.47. The number of benzene rings is 1. The number of rotatable bonds is 5. The molecule has 0 unspecified atom stereocenters. The van der Waals surface area contributed by atoms with Gasteiger partial charge in [0.15, 0.2) is 0 Å². The van der Waals surface area contributed by atoms with Crippen LogP contribution in [0.2, 0.25) is 5.02 Å². The summed E-state index contributed by atoms with van der Waals surface area (Å²) in [6.07, 6.45) is 0.770. The first-order valence-electron chi connectivity index (χ1n) is 5.57. The molecule has 0 aliphatic carbocycles. The van der Waals surface area contributed by atoms with Crippen molar-refractivity contribution >= 4 is 34.5 Å². The largest absolute Gasteiger partial charge is 0.492 e. The Morgan fingerprint density at radius 2 is 2.22 bits per heavy atom. The van der Waals surface area contributed by atoms with E-state index >= 15 is 0 Å². The lowest BCUT2D eigenvalue weighted by Crippen LogP contribution is -2.01. The van der Waals surface area contributed by atoms with Crippen molar-refractivity contribution in [3.05, 3.63) is 44.9 Å². The van der Waals surface area contributed by atoms with Crippen LogP contribution in [0.3, 0.4) is 0 Å². The van der Waals surface area contributed by atoms with E-state index in [2.05, 4.69) is 4.98 Å². The van der Waals surface area contributed by atoms with Gasteiger partial charge in [0.05, 0.1) is 28.2 Å². The molecule has 1 heterocycles. The summed E-state index contributed by atoms with van der Waals surface area (Å²) in [5.74, 6) is 1.18. The van der Waals surface area contributed by atoms with Crippen molar-refractivity contribution in [1.29, 1.82) is 0 Å². The fourth-order valence-corrected chi connectivity index (χ4v) is 2.79. The van der Waals surface area contributed by atoms with E-state index in [9.17, 15) is 0 Å². The molecule has 5 heteroatoms. The molecule has 0 N–H and O–H groups in total. The molecule has 2 aromatic rings. The van der Waals surface area contributed by atoms with Crippen LogP contribution in [0.1, 0.15) is 16.3 Å². The molecular formula is C13H13Cl2NOS. The lowest BCUT2D eigenvalue weighted by atomic mass is 10.2. The highest BCUT2D eigenvalue weighted by molar-refractivity contribution is 7.09. The molecule has 0 radical (unpaired) electrons. The van der Waals surface area contributed by atoms with Gasteiger partial charge in [-0.15, -0.1) is 22.9 Å². The van der Waals surface area contributed by atoms with Gasteiger partial charge in [-0.1, -0.05) is 17.7 Å². The predicted molar refractivity (Wildman–Crippen MR) is 77.1 cm³/mol. The Hall–Kier alpha value is -0.770. The summed E-state index contributed by atoms with van der Waals surface area (Å²) in [7, 11) is 0. The highest BCUT2D eigenvalue weighted by Crippen LogP contribution is 2.25. The van der Waals surface area contributed by atoms with Crippen molar-refractivity contribution in [2.45, 2.75) is 19.2 Å². The Balaban J connectivity index is 1.88. The summed E-state index contributed by atoms with van der Waals surface area (Å²) in [4.78, 5) is 4.37. The van der Waals surface area contributed by atoms with Gasteiger partial charge in [0.1, 0.15) is 5.75 Å². The van der Waals surface area contributed by atoms with E-state index in [1.54, 1.807) is 11.3 Å². The summed E-state index contributed by atoms with van der Waals surface area (Å²) >= 11 is 13.4. The van der Waals surface area contributed by atoms with Crippen LogP contribution in [0, 0.1) is 6.92 Å². The third kappa shape index (κ3) is 3.61. The number of hydrogen-bond donors (Lipinski definition) is 0. The molecule has 0 spiro atoms. The van der Waals surface area contributed by atoms with Gasteiger partial charge in [0.2, 0.25) is 0 Å². The molecule has 0 amide bonds. The number of aromatic nitrogens is 1. The maximum atomic E-state index is 6.08. The summed E-state index contributed by atoms with van der Waals surface area (Å²) in [5, 5.41) is 3.66. The summed E-state index contributed by atoms with van der Waals surface area (Å²) in [6.45, 7) is 2.57. The fourth-order valence-electron chi connectivity index (χ4n) is 1.50. The first-order valence-corrected chi connectivity index (χ1v) is 7.36. The zero-order valence-corrected chi connectivity index (χ0v) is 12.3. The molecule has 0 atom stereocenters. The van der Waals surface area contributed by atoms with Gasteiger partial charge < -0.3 is 4.74 Å². The lowest BCUT2D eigenvalue weighted by Gasteiger charge is -2.07. The van der Waals surface area contributed by atoms with Crippen LogP contribution in [0.25, 0.3) is 0 Å². The third-order valence-corrected chi connectivity index (χ3v) is 3.92. The second kappa shape index (κ2) is 6.41. The van der Waals surface area contributed by atoms with E-state index in [0.717, 1.165) is 28.4 Å². The first kappa shape index (κ1) is 13.7. The quantitative estimate of drug-likeness (QED) is 0.760. The van der Waals surface area contributed by atoms with Crippen LogP contribution in [0.4, 0.5) is 0 Å². The molecule has 18 heavy (non-hydrogen) atoms. The average molecular weight is 302 g/mol. The maximum absolute atomic E-state index is 6.08. The molecule has 0 saturated heterocycles. The van der Waals surface area contributed by atoms with Gasteiger partial charge in [-0.05, 0) is 24.6 Å². The second-order valence-electron chi connectivity index (χ2n) is 3.90. The van der Waals surface area contributed by atoms with Crippen LogP contribution in [-0.4, -0.2) is 11.6 Å².